The molecule has 0 aromatic heterocycles. The van der Waals surface area contributed by atoms with Crippen molar-refractivity contribution < 1.29 is 14.0 Å². The Morgan fingerprint density at radius 1 is 1.46 bits per heavy atom. The van der Waals surface area contributed by atoms with E-state index in [2.05, 4.69) is 5.16 Å². The number of oxime groups is 1. The van der Waals surface area contributed by atoms with Gasteiger partial charge >= 0.3 is 0 Å². The van der Waals surface area contributed by atoms with Crippen LogP contribution < -0.4 is 0 Å². The molecular weight excluding hydrogens is 178 g/mol. The topological polar surface area (TPSA) is 56.4 Å². The number of benzene rings is 1. The van der Waals surface area contributed by atoms with E-state index in [1.807, 2.05) is 0 Å². The molecule has 0 aliphatic carbocycles. The molecule has 0 amide bonds. The third-order valence-corrected chi connectivity index (χ3v) is 1.39. The highest BCUT2D eigenvalue weighted by atomic mass is 19.1. The molecule has 13 heavy (non-hydrogen) atoms. The molecule has 0 bridgehead atoms. The maximum absolute atomic E-state index is 12.9. The van der Waals surface area contributed by atoms with Crippen molar-refractivity contribution in [2.75, 3.05) is 0 Å². The van der Waals surface area contributed by atoms with Crippen LogP contribution in [0.2, 0.25) is 0 Å². The van der Waals surface area contributed by atoms with Gasteiger partial charge in [-0.05, 0) is 18.2 Å². The molecule has 1 rings (SSSR count). The zero-order valence-electron chi connectivity index (χ0n) is 6.33. The molecule has 0 radical (unpaired) electrons. The maximum atomic E-state index is 12.9. The quantitative estimate of drug-likeness (QED) is 0.408. The van der Waals surface area contributed by atoms with E-state index in [0.29, 0.717) is 0 Å². The largest absolute Gasteiger partial charge is 0.410 e. The lowest BCUT2D eigenvalue weighted by atomic mass is 10.1. The molecule has 1 aromatic rings. The van der Waals surface area contributed by atoms with Crippen molar-refractivity contribution in [1.29, 1.82) is 5.26 Å². The van der Waals surface area contributed by atoms with Crippen LogP contribution in [0.4, 0.5) is 8.78 Å². The van der Waals surface area contributed by atoms with Crippen molar-refractivity contribution in [2.24, 2.45) is 5.16 Å². The summed E-state index contributed by atoms with van der Waals surface area (Å²) in [6, 6.07) is 3.98. The van der Waals surface area contributed by atoms with Crippen LogP contribution in [0.3, 0.4) is 0 Å². The molecule has 0 aliphatic heterocycles. The van der Waals surface area contributed by atoms with E-state index in [9.17, 15) is 8.78 Å². The van der Waals surface area contributed by atoms with Gasteiger partial charge in [-0.3, -0.25) is 0 Å². The number of hydrogen-bond donors (Lipinski definition) is 1. The number of rotatable bonds is 1. The first-order valence-electron chi connectivity index (χ1n) is 3.26. The average molecular weight is 182 g/mol. The van der Waals surface area contributed by atoms with Crippen molar-refractivity contribution in [1.82, 2.24) is 0 Å². The highest BCUT2D eigenvalue weighted by molar-refractivity contribution is 6.11. The molecule has 1 N–H and O–H groups in total. The molecule has 0 heterocycles. The second-order valence-corrected chi connectivity index (χ2v) is 2.18. The Morgan fingerprint density at radius 3 is 2.69 bits per heavy atom. The van der Waals surface area contributed by atoms with Crippen LogP contribution in [0.5, 0.6) is 0 Å². The summed E-state index contributed by atoms with van der Waals surface area (Å²) < 4.78 is 25.5. The van der Waals surface area contributed by atoms with E-state index in [-0.39, 0.29) is 5.56 Å². The lowest BCUT2D eigenvalue weighted by molar-refractivity contribution is 0.320. The monoisotopic (exact) mass is 182 g/mol. The molecule has 0 saturated heterocycles. The van der Waals surface area contributed by atoms with Crippen LogP contribution in [-0.2, 0) is 0 Å². The Kier molecular flexibility index (Phi) is 2.55. The Hall–Kier alpha value is -1.96. The minimum absolute atomic E-state index is 0.356. The number of nitriles is 1. The molecule has 0 saturated carbocycles. The summed E-state index contributed by atoms with van der Waals surface area (Å²) in [5.41, 5.74) is -0.915. The minimum Gasteiger partial charge on any atom is -0.410 e. The summed E-state index contributed by atoms with van der Waals surface area (Å²) >= 11 is 0. The van der Waals surface area contributed by atoms with E-state index in [4.69, 9.17) is 10.5 Å². The fraction of sp³-hybridized carbons (Fsp3) is 0. The number of nitrogens with zero attached hydrogens (tertiary/aromatic N) is 2. The van der Waals surface area contributed by atoms with Gasteiger partial charge in [-0.1, -0.05) is 5.16 Å². The number of halogens is 2. The fourth-order valence-corrected chi connectivity index (χ4v) is 0.815. The van der Waals surface area contributed by atoms with Gasteiger partial charge in [-0.15, -0.1) is 0 Å². The zero-order chi connectivity index (χ0) is 9.84. The van der Waals surface area contributed by atoms with E-state index in [1.54, 1.807) is 0 Å². The minimum atomic E-state index is -0.809. The first kappa shape index (κ1) is 9.13. The standard InChI is InChI=1S/C8H4F2N2O/c9-5-1-2-7(10)6(3-5)8(4-11)12-13/h1-3,13H. The fourth-order valence-electron chi connectivity index (χ4n) is 0.815. The van der Waals surface area contributed by atoms with E-state index in [1.165, 1.54) is 6.07 Å². The molecule has 0 unspecified atom stereocenters. The van der Waals surface area contributed by atoms with Crippen molar-refractivity contribution in [3.63, 3.8) is 0 Å². The van der Waals surface area contributed by atoms with Crippen LogP contribution in [0, 0.1) is 23.0 Å². The molecule has 5 heteroatoms. The third-order valence-electron chi connectivity index (χ3n) is 1.39. The Morgan fingerprint density at radius 2 is 2.15 bits per heavy atom. The summed E-state index contributed by atoms with van der Waals surface area (Å²) in [5, 5.41) is 19.2. The van der Waals surface area contributed by atoms with Gasteiger partial charge in [0.1, 0.15) is 17.7 Å². The Bertz CT molecular complexity index is 396. The van der Waals surface area contributed by atoms with Gasteiger partial charge in [-0.25, -0.2) is 8.78 Å². The summed E-state index contributed by atoms with van der Waals surface area (Å²) in [4.78, 5) is 0. The first-order chi connectivity index (χ1) is 6.19. The van der Waals surface area contributed by atoms with Crippen molar-refractivity contribution in [3.05, 3.63) is 35.4 Å². The van der Waals surface area contributed by atoms with Crippen molar-refractivity contribution in [3.8, 4) is 6.07 Å². The molecule has 0 aliphatic rings. The van der Waals surface area contributed by atoms with Gasteiger partial charge in [0.15, 0.2) is 5.71 Å². The van der Waals surface area contributed by atoms with Gasteiger partial charge in [-0.2, -0.15) is 5.26 Å². The lowest BCUT2D eigenvalue weighted by Gasteiger charge is -1.97. The first-order valence-corrected chi connectivity index (χ1v) is 3.26. The predicted octanol–water partition coefficient (Wildman–Crippen LogP) is 1.67. The number of hydrogen-bond acceptors (Lipinski definition) is 3. The molecule has 0 fully saturated rings. The van der Waals surface area contributed by atoms with Gasteiger partial charge in [0.2, 0.25) is 0 Å². The van der Waals surface area contributed by atoms with Gasteiger partial charge in [0, 0.05) is 0 Å². The van der Waals surface area contributed by atoms with Gasteiger partial charge < -0.3 is 5.21 Å². The zero-order valence-corrected chi connectivity index (χ0v) is 6.33. The summed E-state index contributed by atoms with van der Waals surface area (Å²) in [6.45, 7) is 0. The molecule has 3 nitrogen and oxygen atoms in total. The van der Waals surface area contributed by atoms with Crippen molar-refractivity contribution >= 4 is 5.71 Å². The van der Waals surface area contributed by atoms with Crippen LogP contribution in [0.25, 0.3) is 0 Å². The average Bonchev–Trinajstić information content (AvgIpc) is 2.13. The maximum Gasteiger partial charge on any atom is 0.189 e. The highest BCUT2D eigenvalue weighted by Gasteiger charge is 2.10. The highest BCUT2D eigenvalue weighted by Crippen LogP contribution is 2.10. The van der Waals surface area contributed by atoms with Crippen LogP contribution >= 0.6 is 0 Å². The Labute approximate surface area is 72.5 Å². The summed E-state index contributed by atoms with van der Waals surface area (Å²) in [6.07, 6.45) is 0. The van der Waals surface area contributed by atoms with E-state index in [0.717, 1.165) is 18.2 Å². The smallest absolute Gasteiger partial charge is 0.189 e. The summed E-state index contributed by atoms with van der Waals surface area (Å²) in [7, 11) is 0. The molecular formula is C8H4F2N2O. The predicted molar refractivity (Wildman–Crippen MR) is 40.3 cm³/mol. The lowest BCUT2D eigenvalue weighted by Crippen LogP contribution is -2.01. The van der Waals surface area contributed by atoms with Gasteiger partial charge in [0.05, 0.1) is 5.56 Å². The second-order valence-electron chi connectivity index (χ2n) is 2.18. The molecule has 0 spiro atoms. The molecule has 66 valence electrons. The normalized spacial score (nSPS) is 11.0. The van der Waals surface area contributed by atoms with Gasteiger partial charge in [0.25, 0.3) is 0 Å². The molecule has 1 aromatic carbocycles. The molecule has 0 atom stereocenters. The third kappa shape index (κ3) is 1.79. The van der Waals surface area contributed by atoms with Crippen molar-refractivity contribution in [2.45, 2.75) is 0 Å². The second kappa shape index (κ2) is 3.63. The van der Waals surface area contributed by atoms with Crippen LogP contribution in [0.1, 0.15) is 5.56 Å². The SMILES string of the molecule is N#CC(=NO)c1cc(F)ccc1F. The van der Waals surface area contributed by atoms with E-state index < -0.39 is 17.3 Å². The van der Waals surface area contributed by atoms with Crippen LogP contribution in [0.15, 0.2) is 23.4 Å². The van der Waals surface area contributed by atoms with E-state index >= 15 is 0 Å². The summed E-state index contributed by atoms with van der Waals surface area (Å²) in [5.74, 6) is -1.51. The van der Waals surface area contributed by atoms with Crippen LogP contribution in [-0.4, -0.2) is 10.9 Å². The Balaban J connectivity index is 3.30.